The molecule has 1 atom stereocenters. The summed E-state index contributed by atoms with van der Waals surface area (Å²) in [5.41, 5.74) is 6.30. The average molecular weight is 154 g/mol. The van der Waals surface area contributed by atoms with Crippen molar-refractivity contribution >= 4 is 0 Å². The van der Waals surface area contributed by atoms with Gasteiger partial charge in [-0.05, 0) is 33.1 Å². The van der Waals surface area contributed by atoms with Crippen LogP contribution < -0.4 is 5.73 Å². The third-order valence-electron chi connectivity index (χ3n) is 2.96. The van der Waals surface area contributed by atoms with Crippen molar-refractivity contribution in [2.45, 2.75) is 50.7 Å². The lowest BCUT2D eigenvalue weighted by molar-refractivity contribution is 0.165. The first-order valence-corrected chi connectivity index (χ1v) is 4.62. The minimum atomic E-state index is 0.376. The zero-order valence-electron chi connectivity index (χ0n) is 7.51. The predicted octanol–water partition coefficient (Wildman–Crippen LogP) is 0.960. The van der Waals surface area contributed by atoms with E-state index in [1.165, 1.54) is 19.3 Å². The van der Waals surface area contributed by atoms with Gasteiger partial charge in [0.05, 0.1) is 0 Å². The molecular formula is C9H18N2. The van der Waals surface area contributed by atoms with Crippen molar-refractivity contribution in [2.24, 2.45) is 5.73 Å². The van der Waals surface area contributed by atoms with Crippen molar-refractivity contribution in [3.05, 3.63) is 0 Å². The third-order valence-corrected chi connectivity index (χ3v) is 2.96. The Hall–Kier alpha value is -0.0800. The van der Waals surface area contributed by atoms with Crippen molar-refractivity contribution < 1.29 is 0 Å². The maximum atomic E-state index is 5.92. The summed E-state index contributed by atoms with van der Waals surface area (Å²) in [6.45, 7) is 5.76. The lowest BCUT2D eigenvalue weighted by atomic mass is 10.0. The number of hydrogen-bond donors (Lipinski definition) is 1. The number of nitrogens with zero attached hydrogens (tertiary/aromatic N) is 1. The SMILES string of the molecule is CC1(C)CC(N)CN1C1CC1. The second-order valence-corrected chi connectivity index (χ2v) is 4.66. The van der Waals surface area contributed by atoms with Gasteiger partial charge in [-0.1, -0.05) is 0 Å². The van der Waals surface area contributed by atoms with Crippen LogP contribution in [0.25, 0.3) is 0 Å². The van der Waals surface area contributed by atoms with Crippen molar-refractivity contribution in [3.63, 3.8) is 0 Å². The molecule has 0 bridgehead atoms. The zero-order chi connectivity index (χ0) is 8.06. The first-order chi connectivity index (χ1) is 5.09. The summed E-state index contributed by atoms with van der Waals surface area (Å²) in [7, 11) is 0. The maximum Gasteiger partial charge on any atom is 0.0185 e. The molecule has 1 unspecified atom stereocenters. The predicted molar refractivity (Wildman–Crippen MR) is 46.4 cm³/mol. The first-order valence-electron chi connectivity index (χ1n) is 4.62. The molecule has 1 aliphatic heterocycles. The van der Waals surface area contributed by atoms with Crippen LogP contribution in [0, 0.1) is 0 Å². The monoisotopic (exact) mass is 154 g/mol. The summed E-state index contributed by atoms with van der Waals surface area (Å²) in [5, 5.41) is 0. The summed E-state index contributed by atoms with van der Waals surface area (Å²) < 4.78 is 0. The Balaban J connectivity index is 2.07. The fourth-order valence-corrected chi connectivity index (χ4v) is 2.35. The van der Waals surface area contributed by atoms with Gasteiger partial charge in [0.2, 0.25) is 0 Å². The minimum Gasteiger partial charge on any atom is -0.326 e. The van der Waals surface area contributed by atoms with E-state index in [1.54, 1.807) is 0 Å². The van der Waals surface area contributed by atoms with Crippen LogP contribution in [0.4, 0.5) is 0 Å². The van der Waals surface area contributed by atoms with E-state index < -0.39 is 0 Å². The second-order valence-electron chi connectivity index (χ2n) is 4.66. The number of hydrogen-bond acceptors (Lipinski definition) is 2. The van der Waals surface area contributed by atoms with Crippen molar-refractivity contribution in [1.29, 1.82) is 0 Å². The highest BCUT2D eigenvalue weighted by Gasteiger charge is 2.44. The Bertz CT molecular complexity index is 161. The van der Waals surface area contributed by atoms with Gasteiger partial charge in [0.25, 0.3) is 0 Å². The Morgan fingerprint density at radius 1 is 1.36 bits per heavy atom. The molecule has 1 saturated carbocycles. The van der Waals surface area contributed by atoms with Crippen LogP contribution in [0.2, 0.25) is 0 Å². The van der Waals surface area contributed by atoms with Gasteiger partial charge in [0.1, 0.15) is 0 Å². The fourth-order valence-electron chi connectivity index (χ4n) is 2.35. The van der Waals surface area contributed by atoms with Crippen molar-refractivity contribution in [3.8, 4) is 0 Å². The molecule has 2 nitrogen and oxygen atoms in total. The first kappa shape index (κ1) is 7.56. The van der Waals surface area contributed by atoms with E-state index in [2.05, 4.69) is 18.7 Å². The molecule has 2 heteroatoms. The summed E-state index contributed by atoms with van der Waals surface area (Å²) >= 11 is 0. The second kappa shape index (κ2) is 2.20. The Kier molecular flexibility index (Phi) is 1.52. The highest BCUT2D eigenvalue weighted by atomic mass is 15.3. The number of rotatable bonds is 1. The molecule has 1 aliphatic carbocycles. The van der Waals surface area contributed by atoms with E-state index in [4.69, 9.17) is 5.73 Å². The lowest BCUT2D eigenvalue weighted by Gasteiger charge is -2.31. The van der Waals surface area contributed by atoms with Crippen LogP contribution in [0.1, 0.15) is 33.1 Å². The maximum absolute atomic E-state index is 5.92. The number of nitrogens with two attached hydrogens (primary N) is 1. The van der Waals surface area contributed by atoms with Gasteiger partial charge < -0.3 is 5.73 Å². The van der Waals surface area contributed by atoms with Crippen LogP contribution in [-0.4, -0.2) is 29.1 Å². The van der Waals surface area contributed by atoms with Gasteiger partial charge in [0, 0.05) is 24.2 Å². The molecule has 0 amide bonds. The molecule has 11 heavy (non-hydrogen) atoms. The van der Waals surface area contributed by atoms with Crippen LogP contribution in [0.5, 0.6) is 0 Å². The van der Waals surface area contributed by atoms with Gasteiger partial charge in [-0.25, -0.2) is 0 Å². The number of likely N-dealkylation sites (tertiary alicyclic amines) is 1. The molecule has 0 spiro atoms. The third kappa shape index (κ3) is 1.30. The summed E-state index contributed by atoms with van der Waals surface area (Å²) in [5.74, 6) is 0. The average Bonchev–Trinajstić information content (AvgIpc) is 2.59. The smallest absolute Gasteiger partial charge is 0.0185 e. The van der Waals surface area contributed by atoms with Gasteiger partial charge >= 0.3 is 0 Å². The van der Waals surface area contributed by atoms with Crippen LogP contribution in [-0.2, 0) is 0 Å². The molecule has 1 heterocycles. The minimum absolute atomic E-state index is 0.376. The van der Waals surface area contributed by atoms with Crippen molar-refractivity contribution in [2.75, 3.05) is 6.54 Å². The molecule has 0 aromatic rings. The fraction of sp³-hybridized carbons (Fsp3) is 1.00. The lowest BCUT2D eigenvalue weighted by Crippen LogP contribution is -2.39. The topological polar surface area (TPSA) is 29.3 Å². The van der Waals surface area contributed by atoms with E-state index in [9.17, 15) is 0 Å². The largest absolute Gasteiger partial charge is 0.326 e. The summed E-state index contributed by atoms with van der Waals surface area (Å²) in [4.78, 5) is 2.59. The summed E-state index contributed by atoms with van der Waals surface area (Å²) in [6.07, 6.45) is 3.97. The molecule has 0 aromatic carbocycles. The molecule has 1 saturated heterocycles. The van der Waals surface area contributed by atoms with E-state index in [1.807, 2.05) is 0 Å². The van der Waals surface area contributed by atoms with Crippen LogP contribution in [0.3, 0.4) is 0 Å². The molecule has 64 valence electrons. The van der Waals surface area contributed by atoms with Crippen LogP contribution in [0.15, 0.2) is 0 Å². The van der Waals surface area contributed by atoms with E-state index in [-0.39, 0.29) is 0 Å². The Labute approximate surface area is 68.7 Å². The quantitative estimate of drug-likeness (QED) is 0.609. The molecule has 2 aliphatic rings. The normalized spacial score (nSPS) is 37.9. The molecule has 2 N–H and O–H groups in total. The van der Waals surface area contributed by atoms with E-state index in [0.29, 0.717) is 11.6 Å². The zero-order valence-corrected chi connectivity index (χ0v) is 7.51. The summed E-state index contributed by atoms with van der Waals surface area (Å²) in [6, 6.07) is 1.30. The highest BCUT2D eigenvalue weighted by molar-refractivity contribution is 5.01. The molecule has 2 fully saturated rings. The van der Waals surface area contributed by atoms with Gasteiger partial charge in [0.15, 0.2) is 0 Å². The van der Waals surface area contributed by atoms with Crippen molar-refractivity contribution in [1.82, 2.24) is 4.90 Å². The van der Waals surface area contributed by atoms with Gasteiger partial charge in [-0.3, -0.25) is 4.90 Å². The Morgan fingerprint density at radius 2 is 2.00 bits per heavy atom. The van der Waals surface area contributed by atoms with Crippen LogP contribution >= 0.6 is 0 Å². The van der Waals surface area contributed by atoms with E-state index >= 15 is 0 Å². The van der Waals surface area contributed by atoms with Gasteiger partial charge in [-0.2, -0.15) is 0 Å². The Morgan fingerprint density at radius 3 is 2.36 bits per heavy atom. The molecule has 2 rings (SSSR count). The molecular weight excluding hydrogens is 136 g/mol. The molecule has 0 radical (unpaired) electrons. The standard InChI is InChI=1S/C9H18N2/c1-9(2)5-7(10)6-11(9)8-3-4-8/h7-8H,3-6,10H2,1-2H3. The highest BCUT2D eigenvalue weighted by Crippen LogP contribution is 2.38. The molecule has 0 aromatic heterocycles. The van der Waals surface area contributed by atoms with E-state index in [0.717, 1.165) is 12.6 Å². The van der Waals surface area contributed by atoms with Gasteiger partial charge in [-0.15, -0.1) is 0 Å².